The van der Waals surface area contributed by atoms with Crippen LogP contribution in [0.2, 0.25) is 0 Å². The van der Waals surface area contributed by atoms with Crippen molar-refractivity contribution in [3.63, 3.8) is 0 Å². The van der Waals surface area contributed by atoms with Crippen LogP contribution in [-0.4, -0.2) is 17.1 Å². The maximum atomic E-state index is 5.75. The van der Waals surface area contributed by atoms with Crippen molar-refractivity contribution >= 4 is 18.0 Å². The molecule has 3 N–H and O–H groups in total. The van der Waals surface area contributed by atoms with Crippen molar-refractivity contribution in [2.45, 2.75) is 19.8 Å². The summed E-state index contributed by atoms with van der Waals surface area (Å²) in [6, 6.07) is 7.87. The molecular formula is C14H17N3OS. The van der Waals surface area contributed by atoms with E-state index in [0.717, 1.165) is 17.0 Å². The Balaban J connectivity index is 2.64. The minimum absolute atomic E-state index is 0.368. The number of anilines is 1. The van der Waals surface area contributed by atoms with Gasteiger partial charge >= 0.3 is 0 Å². The Morgan fingerprint density at radius 1 is 1.32 bits per heavy atom. The largest absolute Gasteiger partial charge is 0.496 e. The second-order valence-electron chi connectivity index (χ2n) is 4.64. The molecule has 0 aliphatic carbocycles. The fourth-order valence-corrected chi connectivity index (χ4v) is 2.13. The highest BCUT2D eigenvalue weighted by Gasteiger charge is 2.10. The molecule has 0 aliphatic heterocycles. The van der Waals surface area contributed by atoms with Crippen molar-refractivity contribution in [3.05, 3.63) is 34.6 Å². The van der Waals surface area contributed by atoms with Crippen LogP contribution in [0.15, 0.2) is 24.3 Å². The summed E-state index contributed by atoms with van der Waals surface area (Å²) < 4.78 is 5.77. The van der Waals surface area contributed by atoms with Crippen LogP contribution in [0.3, 0.4) is 0 Å². The lowest BCUT2D eigenvalue weighted by molar-refractivity contribution is 0.416. The Morgan fingerprint density at radius 2 is 2.05 bits per heavy atom. The highest BCUT2D eigenvalue weighted by molar-refractivity contribution is 7.71. The van der Waals surface area contributed by atoms with Crippen LogP contribution in [0, 0.1) is 4.77 Å². The molecule has 1 aromatic carbocycles. The van der Waals surface area contributed by atoms with E-state index in [1.807, 2.05) is 6.07 Å². The zero-order valence-corrected chi connectivity index (χ0v) is 12.0. The molecule has 5 heteroatoms. The number of aromatic nitrogens is 2. The van der Waals surface area contributed by atoms with E-state index in [2.05, 4.69) is 35.9 Å². The highest BCUT2D eigenvalue weighted by Crippen LogP contribution is 2.32. The van der Waals surface area contributed by atoms with E-state index in [1.54, 1.807) is 13.2 Å². The molecule has 0 saturated heterocycles. The topological polar surface area (TPSA) is 63.9 Å². The van der Waals surface area contributed by atoms with Gasteiger partial charge in [0.25, 0.3) is 0 Å². The number of rotatable bonds is 3. The average Bonchev–Trinajstić information content (AvgIpc) is 2.36. The number of nitrogens with zero attached hydrogens (tertiary/aromatic N) is 1. The number of nitrogen functional groups attached to an aromatic ring is 1. The van der Waals surface area contributed by atoms with E-state index < -0.39 is 0 Å². The van der Waals surface area contributed by atoms with Gasteiger partial charge in [0.15, 0.2) is 4.77 Å². The molecule has 100 valence electrons. The van der Waals surface area contributed by atoms with E-state index >= 15 is 0 Å². The first-order chi connectivity index (χ1) is 9.01. The lowest BCUT2D eigenvalue weighted by atomic mass is 9.99. The van der Waals surface area contributed by atoms with E-state index in [4.69, 9.17) is 22.7 Å². The molecule has 2 rings (SSSR count). The van der Waals surface area contributed by atoms with Crippen molar-refractivity contribution in [1.29, 1.82) is 0 Å². The van der Waals surface area contributed by atoms with Crippen LogP contribution in [0.1, 0.15) is 25.3 Å². The fourth-order valence-electron chi connectivity index (χ4n) is 1.92. The Hall–Kier alpha value is -1.88. The molecule has 0 bridgehead atoms. The summed E-state index contributed by atoms with van der Waals surface area (Å²) in [6.07, 6.45) is 0. The number of aromatic amines is 1. The molecule has 0 amide bonds. The number of ether oxygens (including phenoxy) is 1. The molecule has 1 heterocycles. The summed E-state index contributed by atoms with van der Waals surface area (Å²) in [5.41, 5.74) is 8.73. The molecule has 0 saturated carbocycles. The third kappa shape index (κ3) is 2.93. The molecule has 0 atom stereocenters. The Bertz CT molecular complexity index is 649. The Labute approximate surface area is 117 Å². The van der Waals surface area contributed by atoms with Crippen LogP contribution in [-0.2, 0) is 0 Å². The first-order valence-corrected chi connectivity index (χ1v) is 6.47. The average molecular weight is 275 g/mol. The van der Waals surface area contributed by atoms with Gasteiger partial charge in [-0.05, 0) is 35.8 Å². The van der Waals surface area contributed by atoms with Crippen LogP contribution < -0.4 is 10.5 Å². The summed E-state index contributed by atoms with van der Waals surface area (Å²) in [4.78, 5) is 7.02. The maximum absolute atomic E-state index is 5.75. The molecule has 2 aromatic rings. The van der Waals surface area contributed by atoms with Crippen molar-refractivity contribution in [3.8, 4) is 17.0 Å². The molecule has 0 unspecified atom stereocenters. The molecule has 0 fully saturated rings. The summed E-state index contributed by atoms with van der Waals surface area (Å²) in [5.74, 6) is 1.61. The van der Waals surface area contributed by atoms with Crippen molar-refractivity contribution in [1.82, 2.24) is 9.97 Å². The summed E-state index contributed by atoms with van der Waals surface area (Å²) in [5, 5.41) is 0. The number of methoxy groups -OCH3 is 1. The van der Waals surface area contributed by atoms with Crippen molar-refractivity contribution in [2.75, 3.05) is 12.8 Å². The van der Waals surface area contributed by atoms with Crippen LogP contribution in [0.4, 0.5) is 5.82 Å². The number of benzene rings is 1. The zero-order valence-electron chi connectivity index (χ0n) is 11.2. The quantitative estimate of drug-likeness (QED) is 0.841. The number of nitrogens with one attached hydrogen (secondary N) is 1. The molecule has 4 nitrogen and oxygen atoms in total. The molecule has 19 heavy (non-hydrogen) atoms. The molecule has 0 aliphatic rings. The first kappa shape index (κ1) is 13.5. The Kier molecular flexibility index (Phi) is 3.85. The molecular weight excluding hydrogens is 258 g/mol. The molecule has 0 radical (unpaired) electrons. The standard InChI is InChI=1S/C14H17N3OS/c1-8(2)9-4-5-12(18-3)10(6-9)11-7-13(15)17-14(19)16-11/h4-8H,1-3H3,(H3,15,16,17,19). The van der Waals surface area contributed by atoms with Gasteiger partial charge in [-0.15, -0.1) is 0 Å². The van der Waals surface area contributed by atoms with Gasteiger partial charge in [-0.2, -0.15) is 0 Å². The van der Waals surface area contributed by atoms with Gasteiger partial charge in [-0.1, -0.05) is 19.9 Å². The predicted molar refractivity (Wildman–Crippen MR) is 79.9 cm³/mol. The minimum Gasteiger partial charge on any atom is -0.496 e. The highest BCUT2D eigenvalue weighted by atomic mass is 32.1. The lowest BCUT2D eigenvalue weighted by Crippen LogP contribution is -1.97. The van der Waals surface area contributed by atoms with Crippen LogP contribution in [0.5, 0.6) is 5.75 Å². The molecule has 0 spiro atoms. The van der Waals surface area contributed by atoms with E-state index in [1.165, 1.54) is 5.56 Å². The number of hydrogen-bond acceptors (Lipinski definition) is 4. The Morgan fingerprint density at radius 3 is 2.63 bits per heavy atom. The van der Waals surface area contributed by atoms with Crippen molar-refractivity contribution < 1.29 is 4.74 Å². The number of H-pyrrole nitrogens is 1. The fraction of sp³-hybridized carbons (Fsp3) is 0.286. The monoisotopic (exact) mass is 275 g/mol. The van der Waals surface area contributed by atoms with E-state index in [9.17, 15) is 0 Å². The van der Waals surface area contributed by atoms with Gasteiger partial charge in [0.1, 0.15) is 11.6 Å². The summed E-state index contributed by atoms with van der Waals surface area (Å²) in [7, 11) is 1.65. The third-order valence-electron chi connectivity index (χ3n) is 2.94. The first-order valence-electron chi connectivity index (χ1n) is 6.06. The maximum Gasteiger partial charge on any atom is 0.199 e. The van der Waals surface area contributed by atoms with Gasteiger partial charge in [0.05, 0.1) is 12.8 Å². The minimum atomic E-state index is 0.368. The second-order valence-corrected chi connectivity index (χ2v) is 5.03. The predicted octanol–water partition coefficient (Wildman–Crippen LogP) is 3.52. The smallest absolute Gasteiger partial charge is 0.199 e. The number of hydrogen-bond donors (Lipinski definition) is 2. The van der Waals surface area contributed by atoms with Crippen molar-refractivity contribution in [2.24, 2.45) is 0 Å². The van der Waals surface area contributed by atoms with Gasteiger partial charge in [0, 0.05) is 11.6 Å². The van der Waals surface area contributed by atoms with E-state index in [-0.39, 0.29) is 0 Å². The van der Waals surface area contributed by atoms with Gasteiger partial charge < -0.3 is 15.5 Å². The summed E-state index contributed by atoms with van der Waals surface area (Å²) in [6.45, 7) is 4.30. The van der Waals surface area contributed by atoms with Crippen LogP contribution in [0.25, 0.3) is 11.3 Å². The normalized spacial score (nSPS) is 10.7. The number of nitrogens with two attached hydrogens (primary N) is 1. The lowest BCUT2D eigenvalue weighted by Gasteiger charge is -2.13. The van der Waals surface area contributed by atoms with Gasteiger partial charge in [-0.3, -0.25) is 0 Å². The van der Waals surface area contributed by atoms with Gasteiger partial charge in [-0.25, -0.2) is 4.98 Å². The van der Waals surface area contributed by atoms with Crippen LogP contribution >= 0.6 is 12.2 Å². The molecule has 1 aromatic heterocycles. The summed E-state index contributed by atoms with van der Waals surface area (Å²) >= 11 is 5.06. The zero-order chi connectivity index (χ0) is 14.0. The third-order valence-corrected chi connectivity index (χ3v) is 3.14. The van der Waals surface area contributed by atoms with Gasteiger partial charge in [0.2, 0.25) is 0 Å². The second kappa shape index (κ2) is 5.40. The SMILES string of the molecule is COc1ccc(C(C)C)cc1-c1cc(N)nc(=S)[nH]1. The van der Waals surface area contributed by atoms with E-state index in [0.29, 0.717) is 16.5 Å².